The number of amides is 5. The summed E-state index contributed by atoms with van der Waals surface area (Å²) in [5.41, 5.74) is 1.07. The molecule has 3 aliphatic rings. The lowest BCUT2D eigenvalue weighted by molar-refractivity contribution is -0.123. The maximum Gasteiger partial charge on any atom is 0.408 e. The molecule has 0 radical (unpaired) electrons. The van der Waals surface area contributed by atoms with E-state index in [0.717, 1.165) is 41.7 Å². The molecule has 2 fully saturated rings. The molecule has 1 saturated heterocycles. The molecule has 40 heavy (non-hydrogen) atoms. The Morgan fingerprint density at radius 3 is 2.45 bits per heavy atom. The summed E-state index contributed by atoms with van der Waals surface area (Å²) in [5.74, 6) is -0.708. The highest BCUT2D eigenvalue weighted by Gasteiger charge is 2.52. The average Bonchev–Trinajstić information content (AvgIpc) is 3.55. The Hall–Kier alpha value is -3.66. The molecular weight excluding hydrogens is 534 g/mol. The van der Waals surface area contributed by atoms with Crippen molar-refractivity contribution in [3.8, 4) is 0 Å². The van der Waals surface area contributed by atoms with Gasteiger partial charge in [0.1, 0.15) is 17.2 Å². The fourth-order valence-electron chi connectivity index (χ4n) is 6.10. The minimum Gasteiger partial charge on any atom is -0.465 e. The first-order valence-electron chi connectivity index (χ1n) is 13.5. The molecule has 5 amide bonds. The molecule has 0 atom stereocenters. The topological polar surface area (TPSA) is 114 Å². The number of halogens is 1. The number of urea groups is 1. The van der Waals surface area contributed by atoms with Crippen molar-refractivity contribution in [2.24, 2.45) is 0 Å². The molecular formula is C29H34ClN5O5. The maximum absolute atomic E-state index is 13.7. The van der Waals surface area contributed by atoms with Crippen molar-refractivity contribution in [2.45, 2.75) is 76.9 Å². The molecule has 0 spiro atoms. The number of carboxylic acid groups (broad SMARTS) is 1. The van der Waals surface area contributed by atoms with E-state index >= 15 is 0 Å². The van der Waals surface area contributed by atoms with Crippen molar-refractivity contribution in [1.29, 1.82) is 0 Å². The maximum atomic E-state index is 13.7. The van der Waals surface area contributed by atoms with Gasteiger partial charge in [-0.25, -0.2) is 19.5 Å². The second-order valence-electron chi connectivity index (χ2n) is 12.0. The van der Waals surface area contributed by atoms with Gasteiger partial charge in [0, 0.05) is 36.4 Å². The first-order valence-corrected chi connectivity index (χ1v) is 13.9. The highest BCUT2D eigenvalue weighted by molar-refractivity contribution is 6.29. The molecule has 2 aromatic rings. The van der Waals surface area contributed by atoms with E-state index in [1.165, 1.54) is 9.80 Å². The van der Waals surface area contributed by atoms with Crippen LogP contribution in [-0.4, -0.2) is 68.5 Å². The first kappa shape index (κ1) is 27.9. The number of hydrogen-bond donors (Lipinski definition) is 1. The summed E-state index contributed by atoms with van der Waals surface area (Å²) in [6, 6.07) is 8.04. The van der Waals surface area contributed by atoms with Crippen molar-refractivity contribution in [3.63, 3.8) is 0 Å². The lowest BCUT2D eigenvalue weighted by Crippen LogP contribution is -2.47. The largest absolute Gasteiger partial charge is 0.465 e. The molecule has 212 valence electrons. The van der Waals surface area contributed by atoms with Crippen LogP contribution in [0.5, 0.6) is 0 Å². The number of carbonyl (C=O) groups excluding carboxylic acids is 3. The summed E-state index contributed by atoms with van der Waals surface area (Å²) in [4.78, 5) is 62.3. The number of hydrogen-bond acceptors (Lipinski definition) is 5. The third kappa shape index (κ3) is 4.78. The first-order chi connectivity index (χ1) is 18.8. The predicted molar refractivity (Wildman–Crippen MR) is 151 cm³/mol. The zero-order valence-corrected chi connectivity index (χ0v) is 23.9. The molecule has 1 aromatic heterocycles. The van der Waals surface area contributed by atoms with E-state index in [0.29, 0.717) is 23.1 Å². The molecule has 1 N–H and O–H groups in total. The van der Waals surface area contributed by atoms with Crippen LogP contribution in [0.3, 0.4) is 0 Å². The van der Waals surface area contributed by atoms with E-state index in [9.17, 15) is 24.3 Å². The SMILES string of the molecule is CC1(C)CN(C(=O)CN(C(=O)O)C2CCCC2)c2cc(N3C(=O)N(Cc4ccnc(Cl)c4)C(C)(C)C3=O)ccc21. The van der Waals surface area contributed by atoms with Gasteiger partial charge in [0.15, 0.2) is 0 Å². The van der Waals surface area contributed by atoms with Crippen LogP contribution in [0.4, 0.5) is 21.0 Å². The van der Waals surface area contributed by atoms with Gasteiger partial charge in [-0.15, -0.1) is 0 Å². The predicted octanol–water partition coefficient (Wildman–Crippen LogP) is 5.03. The highest BCUT2D eigenvalue weighted by Crippen LogP contribution is 2.44. The number of aromatic nitrogens is 1. The Labute approximate surface area is 238 Å². The van der Waals surface area contributed by atoms with E-state index in [2.05, 4.69) is 4.98 Å². The second-order valence-corrected chi connectivity index (χ2v) is 12.4. The standard InChI is InChI=1S/C29H34ClN5O5/c1-28(2)17-33(24(36)16-32(27(39)40)19-7-5-6-8-19)22-14-20(9-10-21(22)28)35-25(37)29(3,4)34(26(35)38)15-18-11-12-31-23(30)13-18/h9-14,19H,5-8,15-17H2,1-4H3,(H,39,40). The quantitative estimate of drug-likeness (QED) is 0.387. The summed E-state index contributed by atoms with van der Waals surface area (Å²) in [7, 11) is 0. The number of nitrogens with zero attached hydrogens (tertiary/aromatic N) is 5. The van der Waals surface area contributed by atoms with Crippen molar-refractivity contribution in [3.05, 3.63) is 52.8 Å². The van der Waals surface area contributed by atoms with Crippen LogP contribution in [-0.2, 0) is 21.5 Å². The fourth-order valence-corrected chi connectivity index (χ4v) is 6.29. The summed E-state index contributed by atoms with van der Waals surface area (Å²) in [5, 5.41) is 10.1. The van der Waals surface area contributed by atoms with E-state index in [4.69, 9.17) is 11.6 Å². The van der Waals surface area contributed by atoms with Crippen LogP contribution < -0.4 is 9.80 Å². The third-order valence-electron chi connectivity index (χ3n) is 8.39. The second kappa shape index (κ2) is 10.1. The van der Waals surface area contributed by atoms with E-state index in [-0.39, 0.29) is 30.9 Å². The Balaban J connectivity index is 1.45. The van der Waals surface area contributed by atoms with Gasteiger partial charge < -0.3 is 14.9 Å². The zero-order valence-electron chi connectivity index (χ0n) is 23.2. The highest BCUT2D eigenvalue weighted by atomic mass is 35.5. The molecule has 1 aromatic carbocycles. The number of rotatable bonds is 6. The molecule has 2 aliphatic heterocycles. The number of anilines is 2. The minimum absolute atomic E-state index is 0.161. The van der Waals surface area contributed by atoms with Crippen LogP contribution in [0, 0.1) is 0 Å². The zero-order chi connectivity index (χ0) is 29.0. The number of pyridine rings is 1. The van der Waals surface area contributed by atoms with Crippen LogP contribution in [0.15, 0.2) is 36.5 Å². The Morgan fingerprint density at radius 2 is 1.80 bits per heavy atom. The van der Waals surface area contributed by atoms with Crippen molar-refractivity contribution >= 4 is 46.9 Å². The lowest BCUT2D eigenvalue weighted by Gasteiger charge is -2.28. The van der Waals surface area contributed by atoms with Gasteiger partial charge in [0.25, 0.3) is 5.91 Å². The Kier molecular flexibility index (Phi) is 7.02. The molecule has 10 nitrogen and oxygen atoms in total. The lowest BCUT2D eigenvalue weighted by atomic mass is 9.87. The molecule has 0 bridgehead atoms. The Bertz CT molecular complexity index is 1390. The van der Waals surface area contributed by atoms with Gasteiger partial charge in [0.2, 0.25) is 5.91 Å². The number of benzene rings is 1. The number of fused-ring (bicyclic) bond motifs is 1. The normalized spacial score (nSPS) is 19.9. The van der Waals surface area contributed by atoms with Gasteiger partial charge in [0.05, 0.1) is 5.69 Å². The van der Waals surface area contributed by atoms with Crippen molar-refractivity contribution in [2.75, 3.05) is 22.9 Å². The third-order valence-corrected chi connectivity index (χ3v) is 8.59. The van der Waals surface area contributed by atoms with E-state index in [1.807, 2.05) is 19.9 Å². The molecule has 5 rings (SSSR count). The summed E-state index contributed by atoms with van der Waals surface area (Å²) in [6.45, 7) is 7.73. The van der Waals surface area contributed by atoms with E-state index < -0.39 is 23.1 Å². The summed E-state index contributed by atoms with van der Waals surface area (Å²) in [6.07, 6.45) is 3.86. The van der Waals surface area contributed by atoms with Gasteiger partial charge in [-0.3, -0.25) is 14.5 Å². The number of carbonyl (C=O) groups is 4. The molecule has 3 heterocycles. The van der Waals surface area contributed by atoms with Crippen molar-refractivity contribution in [1.82, 2.24) is 14.8 Å². The monoisotopic (exact) mass is 567 g/mol. The van der Waals surface area contributed by atoms with E-state index in [1.54, 1.807) is 49.2 Å². The van der Waals surface area contributed by atoms with Crippen LogP contribution in [0.25, 0.3) is 0 Å². The molecule has 1 saturated carbocycles. The smallest absolute Gasteiger partial charge is 0.408 e. The molecule has 11 heteroatoms. The summed E-state index contributed by atoms with van der Waals surface area (Å²) >= 11 is 6.03. The van der Waals surface area contributed by atoms with Crippen LogP contribution >= 0.6 is 11.6 Å². The fraction of sp³-hybridized carbons (Fsp3) is 0.483. The molecule has 0 unspecified atom stereocenters. The average molecular weight is 568 g/mol. The number of imide groups is 1. The summed E-state index contributed by atoms with van der Waals surface area (Å²) < 4.78 is 0. The van der Waals surface area contributed by atoms with Gasteiger partial charge in [-0.05, 0) is 62.1 Å². The minimum atomic E-state index is -1.12. The molecule has 1 aliphatic carbocycles. The Morgan fingerprint density at radius 1 is 1.10 bits per heavy atom. The van der Waals surface area contributed by atoms with Gasteiger partial charge in [-0.1, -0.05) is 44.4 Å². The van der Waals surface area contributed by atoms with Crippen LogP contribution in [0.2, 0.25) is 5.15 Å². The van der Waals surface area contributed by atoms with Gasteiger partial charge >= 0.3 is 12.1 Å². The van der Waals surface area contributed by atoms with Gasteiger partial charge in [-0.2, -0.15) is 0 Å². The van der Waals surface area contributed by atoms with Crippen LogP contribution in [0.1, 0.15) is 64.5 Å². The van der Waals surface area contributed by atoms with Crippen molar-refractivity contribution < 1.29 is 24.3 Å².